The molecule has 1 aromatic carbocycles. The van der Waals surface area contributed by atoms with Crippen LogP contribution in [0.5, 0.6) is 0 Å². The number of nitriles is 1. The Morgan fingerprint density at radius 3 is 2.41 bits per heavy atom. The number of hydrogen-bond acceptors (Lipinski definition) is 3. The molecule has 3 nitrogen and oxygen atoms in total. The summed E-state index contributed by atoms with van der Waals surface area (Å²) in [6, 6.07) is 10.6. The average Bonchev–Trinajstić information content (AvgIpc) is 2.31. The van der Waals surface area contributed by atoms with Crippen molar-refractivity contribution in [3.63, 3.8) is 0 Å². The molecule has 1 aromatic rings. The van der Waals surface area contributed by atoms with Gasteiger partial charge in [0.25, 0.3) is 0 Å². The number of benzene rings is 1. The van der Waals surface area contributed by atoms with Crippen LogP contribution in [0.2, 0.25) is 0 Å². The lowest BCUT2D eigenvalue weighted by Crippen LogP contribution is -2.15. The van der Waals surface area contributed by atoms with Crippen molar-refractivity contribution < 1.29 is 8.42 Å². The van der Waals surface area contributed by atoms with E-state index in [1.54, 1.807) is 24.3 Å². The Balaban J connectivity index is 2.85. The topological polar surface area (TPSA) is 57.9 Å². The summed E-state index contributed by atoms with van der Waals surface area (Å²) >= 11 is 0. The third kappa shape index (κ3) is 3.86. The van der Waals surface area contributed by atoms with Crippen molar-refractivity contribution in [3.05, 3.63) is 35.9 Å². The second-order valence-electron chi connectivity index (χ2n) is 3.99. The highest BCUT2D eigenvalue weighted by atomic mass is 32.2. The molecule has 0 radical (unpaired) electrons. The zero-order valence-corrected chi connectivity index (χ0v) is 10.8. The van der Waals surface area contributed by atoms with Gasteiger partial charge >= 0.3 is 0 Å². The van der Waals surface area contributed by atoms with Gasteiger partial charge in [0.15, 0.2) is 15.1 Å². The molecule has 17 heavy (non-hydrogen) atoms. The van der Waals surface area contributed by atoms with Crippen molar-refractivity contribution >= 4 is 9.84 Å². The molecular formula is C13H17NO2S. The van der Waals surface area contributed by atoms with Gasteiger partial charge in [0.1, 0.15) is 0 Å². The van der Waals surface area contributed by atoms with Crippen molar-refractivity contribution in [2.45, 2.75) is 31.4 Å². The monoisotopic (exact) mass is 251 g/mol. The fraction of sp³-hybridized carbons (Fsp3) is 0.462. The van der Waals surface area contributed by atoms with Crippen molar-refractivity contribution in [1.29, 1.82) is 5.26 Å². The van der Waals surface area contributed by atoms with Gasteiger partial charge in [-0.25, -0.2) is 8.42 Å². The maximum absolute atomic E-state index is 12.0. The molecule has 0 aromatic heterocycles. The van der Waals surface area contributed by atoms with Gasteiger partial charge in [-0.05, 0) is 12.0 Å². The molecule has 0 N–H and O–H groups in total. The summed E-state index contributed by atoms with van der Waals surface area (Å²) in [7, 11) is -3.36. The first-order valence-corrected chi connectivity index (χ1v) is 7.49. The van der Waals surface area contributed by atoms with E-state index < -0.39 is 15.1 Å². The van der Waals surface area contributed by atoms with E-state index in [1.165, 1.54) is 0 Å². The Morgan fingerprint density at radius 1 is 1.24 bits per heavy atom. The standard InChI is InChI=1S/C13H17NO2S/c1-2-3-7-10-17(15,16)13(11-14)12-8-5-4-6-9-12/h4-6,8-9,13H,2-3,7,10H2,1H3. The fourth-order valence-electron chi connectivity index (χ4n) is 1.66. The smallest absolute Gasteiger partial charge is 0.173 e. The Labute approximate surface area is 103 Å². The molecule has 1 atom stereocenters. The van der Waals surface area contributed by atoms with Gasteiger partial charge in [-0.3, -0.25) is 0 Å². The molecule has 1 rings (SSSR count). The van der Waals surface area contributed by atoms with Crippen LogP contribution in [-0.4, -0.2) is 14.2 Å². The molecule has 0 aliphatic carbocycles. The summed E-state index contributed by atoms with van der Waals surface area (Å²) < 4.78 is 24.0. The van der Waals surface area contributed by atoms with Crippen LogP contribution in [0.4, 0.5) is 0 Å². The number of hydrogen-bond donors (Lipinski definition) is 0. The summed E-state index contributed by atoms with van der Waals surface area (Å²) in [6.07, 6.45) is 2.48. The Bertz CT molecular complexity index is 474. The second-order valence-corrected chi connectivity index (χ2v) is 6.20. The summed E-state index contributed by atoms with van der Waals surface area (Å²) in [5, 5.41) is 8.02. The minimum Gasteiger partial charge on any atom is -0.227 e. The van der Waals surface area contributed by atoms with E-state index >= 15 is 0 Å². The maximum atomic E-state index is 12.0. The quantitative estimate of drug-likeness (QED) is 0.730. The van der Waals surface area contributed by atoms with Crippen LogP contribution >= 0.6 is 0 Å². The Hall–Kier alpha value is -1.34. The number of nitrogens with zero attached hydrogens (tertiary/aromatic N) is 1. The molecule has 1 unspecified atom stereocenters. The third-order valence-corrected chi connectivity index (χ3v) is 4.56. The molecule has 0 fully saturated rings. The molecule has 0 heterocycles. The lowest BCUT2D eigenvalue weighted by atomic mass is 10.2. The predicted molar refractivity (Wildman–Crippen MR) is 68.1 cm³/mol. The van der Waals surface area contributed by atoms with Gasteiger partial charge in [-0.2, -0.15) is 5.26 Å². The minimum atomic E-state index is -3.36. The lowest BCUT2D eigenvalue weighted by Gasteiger charge is -2.10. The number of rotatable bonds is 6. The van der Waals surface area contributed by atoms with E-state index in [-0.39, 0.29) is 5.75 Å². The largest absolute Gasteiger partial charge is 0.227 e. The van der Waals surface area contributed by atoms with Crippen molar-refractivity contribution in [1.82, 2.24) is 0 Å². The highest BCUT2D eigenvalue weighted by Crippen LogP contribution is 2.23. The highest BCUT2D eigenvalue weighted by molar-refractivity contribution is 7.91. The first-order valence-electron chi connectivity index (χ1n) is 5.78. The van der Waals surface area contributed by atoms with Gasteiger partial charge in [-0.1, -0.05) is 50.1 Å². The molecule has 0 bridgehead atoms. The Kier molecular flexibility index (Phi) is 5.17. The molecule has 0 spiro atoms. The predicted octanol–water partition coefficient (Wildman–Crippen LogP) is 2.86. The second kappa shape index (κ2) is 6.41. The first kappa shape index (κ1) is 13.7. The molecule has 0 amide bonds. The number of sulfone groups is 1. The zero-order chi connectivity index (χ0) is 12.7. The highest BCUT2D eigenvalue weighted by Gasteiger charge is 2.26. The molecule has 92 valence electrons. The van der Waals surface area contributed by atoms with E-state index in [9.17, 15) is 8.42 Å². The van der Waals surface area contributed by atoms with E-state index in [2.05, 4.69) is 0 Å². The third-order valence-electron chi connectivity index (χ3n) is 2.61. The van der Waals surface area contributed by atoms with Gasteiger partial charge < -0.3 is 0 Å². The van der Waals surface area contributed by atoms with Crippen molar-refractivity contribution in [2.75, 3.05) is 5.75 Å². The van der Waals surface area contributed by atoms with Gasteiger partial charge in [0.05, 0.1) is 11.8 Å². The van der Waals surface area contributed by atoms with Crippen LogP contribution in [0.1, 0.15) is 37.0 Å². The maximum Gasteiger partial charge on any atom is 0.173 e. The van der Waals surface area contributed by atoms with E-state index in [0.717, 1.165) is 12.8 Å². The molecule has 0 saturated heterocycles. The van der Waals surface area contributed by atoms with Crippen LogP contribution in [-0.2, 0) is 9.84 Å². The van der Waals surface area contributed by atoms with Gasteiger partial charge in [0, 0.05) is 0 Å². The summed E-state index contributed by atoms with van der Waals surface area (Å²) in [5.41, 5.74) is 0.562. The van der Waals surface area contributed by atoms with Crippen molar-refractivity contribution in [3.8, 4) is 6.07 Å². The number of unbranched alkanes of at least 4 members (excludes halogenated alkanes) is 2. The molecule has 4 heteroatoms. The lowest BCUT2D eigenvalue weighted by molar-refractivity contribution is 0.586. The SMILES string of the molecule is CCCCCS(=O)(=O)C(C#N)c1ccccc1. The molecule has 0 aliphatic rings. The average molecular weight is 251 g/mol. The van der Waals surface area contributed by atoms with Crippen LogP contribution in [0.25, 0.3) is 0 Å². The van der Waals surface area contributed by atoms with Crippen LogP contribution in [0, 0.1) is 11.3 Å². The molecule has 0 saturated carbocycles. The van der Waals surface area contributed by atoms with E-state index in [1.807, 2.05) is 19.1 Å². The molecule has 0 aliphatic heterocycles. The summed E-state index contributed by atoms with van der Waals surface area (Å²) in [6.45, 7) is 2.02. The van der Waals surface area contributed by atoms with Gasteiger partial charge in [0.2, 0.25) is 0 Å². The zero-order valence-electron chi connectivity index (χ0n) is 9.96. The van der Waals surface area contributed by atoms with Gasteiger partial charge in [-0.15, -0.1) is 0 Å². The first-order chi connectivity index (χ1) is 8.11. The minimum absolute atomic E-state index is 0.0912. The van der Waals surface area contributed by atoms with Crippen LogP contribution in [0.15, 0.2) is 30.3 Å². The summed E-state index contributed by atoms with van der Waals surface area (Å²) in [4.78, 5) is 0. The Morgan fingerprint density at radius 2 is 1.88 bits per heavy atom. The summed E-state index contributed by atoms with van der Waals surface area (Å²) in [5.74, 6) is 0.0912. The van der Waals surface area contributed by atoms with E-state index in [0.29, 0.717) is 12.0 Å². The van der Waals surface area contributed by atoms with Crippen LogP contribution in [0.3, 0.4) is 0 Å². The normalized spacial score (nSPS) is 12.9. The van der Waals surface area contributed by atoms with E-state index in [4.69, 9.17) is 5.26 Å². The van der Waals surface area contributed by atoms with Crippen LogP contribution < -0.4 is 0 Å². The molecular weight excluding hydrogens is 234 g/mol. The fourth-order valence-corrected chi connectivity index (χ4v) is 3.24. The van der Waals surface area contributed by atoms with Crippen molar-refractivity contribution in [2.24, 2.45) is 0 Å².